The van der Waals surface area contributed by atoms with Crippen LogP contribution in [0.15, 0.2) is 54.7 Å². The number of phenolic OH excluding ortho intramolecular Hbond substituents is 1. The molecule has 2 aromatic carbocycles. The van der Waals surface area contributed by atoms with E-state index in [-0.39, 0.29) is 11.7 Å². The predicted octanol–water partition coefficient (Wildman–Crippen LogP) is 4.03. The second-order valence-electron chi connectivity index (χ2n) is 5.03. The average molecular weight is 315 g/mol. The van der Waals surface area contributed by atoms with Gasteiger partial charge >= 0.3 is 0 Å². The molecule has 0 saturated carbocycles. The van der Waals surface area contributed by atoms with Crippen molar-refractivity contribution in [2.75, 3.05) is 5.32 Å². The van der Waals surface area contributed by atoms with Gasteiger partial charge in [-0.2, -0.15) is 0 Å². The van der Waals surface area contributed by atoms with Crippen molar-refractivity contribution in [3.05, 3.63) is 59.8 Å². The van der Waals surface area contributed by atoms with Gasteiger partial charge in [0.05, 0.1) is 5.69 Å². The summed E-state index contributed by atoms with van der Waals surface area (Å²) >= 11 is 5.86. The van der Waals surface area contributed by atoms with Crippen molar-refractivity contribution in [2.24, 2.45) is 0 Å². The highest BCUT2D eigenvalue weighted by atomic mass is 35.5. The van der Waals surface area contributed by atoms with Gasteiger partial charge in [-0.05, 0) is 35.7 Å². The molecule has 0 aliphatic carbocycles. The van der Waals surface area contributed by atoms with E-state index >= 15 is 0 Å². The van der Waals surface area contributed by atoms with Gasteiger partial charge in [0, 0.05) is 29.7 Å². The van der Waals surface area contributed by atoms with E-state index in [1.165, 1.54) is 12.1 Å². The third-order valence-corrected chi connectivity index (χ3v) is 3.73. The first-order chi connectivity index (χ1) is 10.6. The number of phenols is 1. The van der Waals surface area contributed by atoms with Gasteiger partial charge in [0.25, 0.3) is 0 Å². The molecule has 0 saturated heterocycles. The third kappa shape index (κ3) is 3.07. The minimum atomic E-state index is -0.171. The second kappa shape index (κ2) is 6.12. The lowest BCUT2D eigenvalue weighted by Gasteiger charge is -2.09. The van der Waals surface area contributed by atoms with Crippen LogP contribution in [0.5, 0.6) is 5.75 Å². The summed E-state index contributed by atoms with van der Waals surface area (Å²) < 4.78 is 2.03. The monoisotopic (exact) mass is 314 g/mol. The molecule has 3 aromatic rings. The topological polar surface area (TPSA) is 54.3 Å². The Labute approximate surface area is 132 Å². The number of hydrogen-bond acceptors (Lipinski definition) is 2. The van der Waals surface area contributed by atoms with Crippen LogP contribution in [0.1, 0.15) is 6.42 Å². The van der Waals surface area contributed by atoms with E-state index in [9.17, 15) is 9.90 Å². The SMILES string of the molecule is O=C(CCn1ccc2ccccc21)Nc1cc(Cl)ccc1O. The maximum atomic E-state index is 12.0. The third-order valence-electron chi connectivity index (χ3n) is 3.49. The summed E-state index contributed by atoms with van der Waals surface area (Å²) in [6.07, 6.45) is 2.28. The highest BCUT2D eigenvalue weighted by Gasteiger charge is 2.08. The molecule has 5 heteroatoms. The number of carbonyl (C=O) groups excluding carboxylic acids is 1. The molecule has 0 radical (unpaired) electrons. The zero-order valence-corrected chi connectivity index (χ0v) is 12.5. The number of nitrogens with one attached hydrogen (secondary N) is 1. The van der Waals surface area contributed by atoms with Crippen LogP contribution >= 0.6 is 11.6 Å². The van der Waals surface area contributed by atoms with Gasteiger partial charge in [-0.1, -0.05) is 29.8 Å². The van der Waals surface area contributed by atoms with E-state index in [0.717, 1.165) is 10.9 Å². The lowest BCUT2D eigenvalue weighted by molar-refractivity contribution is -0.116. The number of benzene rings is 2. The van der Waals surface area contributed by atoms with Gasteiger partial charge in [0.15, 0.2) is 0 Å². The Hall–Kier alpha value is -2.46. The average Bonchev–Trinajstić information content (AvgIpc) is 2.92. The summed E-state index contributed by atoms with van der Waals surface area (Å²) in [5.41, 5.74) is 1.43. The van der Waals surface area contributed by atoms with E-state index in [4.69, 9.17) is 11.6 Å². The molecule has 112 valence electrons. The summed E-state index contributed by atoms with van der Waals surface area (Å²) in [4.78, 5) is 12.0. The number of amides is 1. The molecule has 4 nitrogen and oxygen atoms in total. The number of halogens is 1. The molecule has 0 unspecified atom stereocenters. The number of aromatic nitrogens is 1. The van der Waals surface area contributed by atoms with Crippen molar-refractivity contribution in [3.8, 4) is 5.75 Å². The van der Waals surface area contributed by atoms with E-state index in [0.29, 0.717) is 23.7 Å². The van der Waals surface area contributed by atoms with Crippen LogP contribution in [0.4, 0.5) is 5.69 Å². The molecule has 0 aliphatic heterocycles. The van der Waals surface area contributed by atoms with Crippen molar-refractivity contribution in [1.29, 1.82) is 0 Å². The van der Waals surface area contributed by atoms with Crippen LogP contribution in [0.3, 0.4) is 0 Å². The minimum Gasteiger partial charge on any atom is -0.506 e. The van der Waals surface area contributed by atoms with Crippen LogP contribution < -0.4 is 5.32 Å². The first kappa shape index (κ1) is 14.5. The first-order valence-electron chi connectivity index (χ1n) is 6.96. The van der Waals surface area contributed by atoms with E-state index in [1.54, 1.807) is 6.07 Å². The number of anilines is 1. The fourth-order valence-electron chi connectivity index (χ4n) is 2.38. The number of hydrogen-bond donors (Lipinski definition) is 2. The maximum absolute atomic E-state index is 12.0. The zero-order chi connectivity index (χ0) is 15.5. The Bertz CT molecular complexity index is 826. The summed E-state index contributed by atoms with van der Waals surface area (Å²) in [5, 5.41) is 14.0. The van der Waals surface area contributed by atoms with Crippen LogP contribution in [0.25, 0.3) is 10.9 Å². The molecule has 3 rings (SSSR count). The van der Waals surface area contributed by atoms with Gasteiger partial charge in [-0.3, -0.25) is 4.79 Å². The van der Waals surface area contributed by atoms with E-state index in [2.05, 4.69) is 5.32 Å². The molecule has 2 N–H and O–H groups in total. The maximum Gasteiger partial charge on any atom is 0.226 e. The molecule has 0 aliphatic rings. The molecule has 1 heterocycles. The zero-order valence-electron chi connectivity index (χ0n) is 11.8. The Kier molecular flexibility index (Phi) is 4.02. The summed E-state index contributed by atoms with van der Waals surface area (Å²) in [6.45, 7) is 0.570. The quantitative estimate of drug-likeness (QED) is 0.714. The van der Waals surface area contributed by atoms with Crippen LogP contribution in [-0.2, 0) is 11.3 Å². The second-order valence-corrected chi connectivity index (χ2v) is 5.46. The lowest BCUT2D eigenvalue weighted by Crippen LogP contribution is -2.14. The molecule has 22 heavy (non-hydrogen) atoms. The van der Waals surface area contributed by atoms with Crippen LogP contribution in [-0.4, -0.2) is 15.6 Å². The highest BCUT2D eigenvalue weighted by molar-refractivity contribution is 6.31. The minimum absolute atomic E-state index is 0.00386. The molecule has 0 bridgehead atoms. The Morgan fingerprint density at radius 1 is 1.18 bits per heavy atom. The Morgan fingerprint density at radius 2 is 2.00 bits per heavy atom. The smallest absolute Gasteiger partial charge is 0.226 e. The number of fused-ring (bicyclic) bond motifs is 1. The standard InChI is InChI=1S/C17H15ClN2O2/c18-13-5-6-16(21)14(11-13)19-17(22)8-10-20-9-7-12-3-1-2-4-15(12)20/h1-7,9,11,21H,8,10H2,(H,19,22). The molecule has 0 fully saturated rings. The van der Waals surface area contributed by atoms with Gasteiger partial charge in [-0.25, -0.2) is 0 Å². The lowest BCUT2D eigenvalue weighted by atomic mass is 10.2. The van der Waals surface area contributed by atoms with Gasteiger partial charge in [0.2, 0.25) is 5.91 Å². The molecule has 0 atom stereocenters. The molecular formula is C17H15ClN2O2. The molecule has 1 aromatic heterocycles. The van der Waals surface area contributed by atoms with Crippen molar-refractivity contribution < 1.29 is 9.90 Å². The van der Waals surface area contributed by atoms with Gasteiger partial charge in [-0.15, -0.1) is 0 Å². The summed E-state index contributed by atoms with van der Waals surface area (Å²) in [7, 11) is 0. The predicted molar refractivity (Wildman–Crippen MR) is 88.3 cm³/mol. The van der Waals surface area contributed by atoms with Crippen molar-refractivity contribution >= 4 is 34.1 Å². The number of carbonyl (C=O) groups is 1. The fraction of sp³-hybridized carbons (Fsp3) is 0.118. The Morgan fingerprint density at radius 3 is 2.86 bits per heavy atom. The Balaban J connectivity index is 1.66. The van der Waals surface area contributed by atoms with Crippen LogP contribution in [0.2, 0.25) is 5.02 Å². The van der Waals surface area contributed by atoms with Gasteiger partial charge < -0.3 is 15.0 Å². The van der Waals surface area contributed by atoms with Crippen molar-refractivity contribution in [3.63, 3.8) is 0 Å². The molecular weight excluding hydrogens is 300 g/mol. The van der Waals surface area contributed by atoms with E-state index in [1.807, 2.05) is 41.1 Å². The first-order valence-corrected chi connectivity index (χ1v) is 7.33. The van der Waals surface area contributed by atoms with E-state index < -0.39 is 0 Å². The van der Waals surface area contributed by atoms with Gasteiger partial charge in [0.1, 0.15) is 5.75 Å². The number of aryl methyl sites for hydroxylation is 1. The fourth-order valence-corrected chi connectivity index (χ4v) is 2.55. The largest absolute Gasteiger partial charge is 0.506 e. The van der Waals surface area contributed by atoms with Crippen molar-refractivity contribution in [2.45, 2.75) is 13.0 Å². The highest BCUT2D eigenvalue weighted by Crippen LogP contribution is 2.26. The number of para-hydroxylation sites is 1. The normalized spacial score (nSPS) is 10.8. The summed E-state index contributed by atoms with van der Waals surface area (Å²) in [6, 6.07) is 14.6. The number of nitrogens with zero attached hydrogens (tertiary/aromatic N) is 1. The van der Waals surface area contributed by atoms with Crippen molar-refractivity contribution in [1.82, 2.24) is 4.57 Å². The number of rotatable bonds is 4. The molecule has 0 spiro atoms. The van der Waals surface area contributed by atoms with Crippen LogP contribution in [0, 0.1) is 0 Å². The number of aromatic hydroxyl groups is 1. The summed E-state index contributed by atoms with van der Waals surface area (Å²) in [5.74, 6) is -0.167. The molecule has 1 amide bonds.